The van der Waals surface area contributed by atoms with Gasteiger partial charge in [0.2, 0.25) is 6.10 Å². The fraction of sp³-hybridized carbons (Fsp3) is 0.462. The van der Waals surface area contributed by atoms with Crippen LogP contribution in [0.15, 0.2) is 22.7 Å². The number of aliphatic carboxylic acids is 1. The van der Waals surface area contributed by atoms with Gasteiger partial charge >= 0.3 is 5.97 Å². The van der Waals surface area contributed by atoms with Gasteiger partial charge in [-0.1, -0.05) is 25.1 Å². The highest BCUT2D eigenvalue weighted by Gasteiger charge is 2.33. The fourth-order valence-corrected chi connectivity index (χ4v) is 2.87. The van der Waals surface area contributed by atoms with Crippen LogP contribution in [-0.2, 0) is 14.4 Å². The molecule has 1 aromatic heterocycles. The first-order valence-corrected chi connectivity index (χ1v) is 7.16. The molecule has 1 aromatic rings. The number of hydrogen-bond donors (Lipinski definition) is 2. The predicted octanol–water partition coefficient (Wildman–Crippen LogP) is 1.79. The highest BCUT2D eigenvalue weighted by atomic mass is 32.1. The van der Waals surface area contributed by atoms with E-state index >= 15 is 0 Å². The molecule has 7 heteroatoms. The molecular weight excluding hydrogens is 280 g/mol. The summed E-state index contributed by atoms with van der Waals surface area (Å²) in [6.07, 6.45) is -0.863. The zero-order chi connectivity index (χ0) is 14.7. The lowest BCUT2D eigenvalue weighted by Crippen LogP contribution is -2.39. The third-order valence-corrected chi connectivity index (χ3v) is 3.98. The van der Waals surface area contributed by atoms with E-state index in [0.717, 1.165) is 4.88 Å². The average molecular weight is 296 g/mol. The van der Waals surface area contributed by atoms with Crippen LogP contribution < -0.4 is 5.32 Å². The standard InChI is InChI=1S/C13H16N2O4S/c1-7(2)11(10-4-3-5-20-10)14-12(16)9-6-8(13(17)18)15-19-9/h3-5,7,9,11H,6H2,1-2H3,(H,14,16)(H,17,18). The van der Waals surface area contributed by atoms with Crippen LogP contribution in [-0.4, -0.2) is 28.8 Å². The summed E-state index contributed by atoms with van der Waals surface area (Å²) in [4.78, 5) is 28.8. The number of thiophene rings is 1. The van der Waals surface area contributed by atoms with Gasteiger partial charge in [0.05, 0.1) is 6.04 Å². The van der Waals surface area contributed by atoms with Crippen LogP contribution in [0.5, 0.6) is 0 Å². The summed E-state index contributed by atoms with van der Waals surface area (Å²) in [5, 5.41) is 17.1. The summed E-state index contributed by atoms with van der Waals surface area (Å²) >= 11 is 1.57. The Hall–Kier alpha value is -1.89. The molecule has 0 aromatic carbocycles. The number of oxime groups is 1. The first kappa shape index (κ1) is 14.5. The van der Waals surface area contributed by atoms with Crippen LogP contribution in [0.25, 0.3) is 0 Å². The molecule has 2 heterocycles. The second kappa shape index (κ2) is 6.04. The van der Waals surface area contributed by atoms with Crippen molar-refractivity contribution in [1.82, 2.24) is 5.32 Å². The van der Waals surface area contributed by atoms with E-state index in [9.17, 15) is 9.59 Å². The number of nitrogens with one attached hydrogen (secondary N) is 1. The lowest BCUT2D eigenvalue weighted by atomic mass is 10.0. The van der Waals surface area contributed by atoms with Crippen LogP contribution in [0.4, 0.5) is 0 Å². The Balaban J connectivity index is 1.99. The van der Waals surface area contributed by atoms with Crippen molar-refractivity contribution in [3.8, 4) is 0 Å². The molecule has 20 heavy (non-hydrogen) atoms. The molecule has 6 nitrogen and oxygen atoms in total. The Morgan fingerprint density at radius 2 is 2.30 bits per heavy atom. The fourth-order valence-electron chi connectivity index (χ4n) is 1.93. The highest BCUT2D eigenvalue weighted by molar-refractivity contribution is 7.10. The molecule has 0 saturated carbocycles. The van der Waals surface area contributed by atoms with Crippen LogP contribution in [0, 0.1) is 5.92 Å². The van der Waals surface area contributed by atoms with Gasteiger partial charge < -0.3 is 15.3 Å². The van der Waals surface area contributed by atoms with Gasteiger partial charge in [0.1, 0.15) is 0 Å². The van der Waals surface area contributed by atoms with E-state index in [4.69, 9.17) is 9.94 Å². The van der Waals surface area contributed by atoms with Crippen molar-refractivity contribution >= 4 is 28.9 Å². The molecular formula is C13H16N2O4S. The van der Waals surface area contributed by atoms with Crippen molar-refractivity contribution in [2.24, 2.45) is 11.1 Å². The molecule has 0 bridgehead atoms. The summed E-state index contributed by atoms with van der Waals surface area (Å²) in [6.45, 7) is 4.03. The molecule has 0 spiro atoms. The third-order valence-electron chi connectivity index (χ3n) is 3.02. The van der Waals surface area contributed by atoms with Crippen molar-refractivity contribution in [3.63, 3.8) is 0 Å². The van der Waals surface area contributed by atoms with E-state index in [1.54, 1.807) is 11.3 Å². The smallest absolute Gasteiger partial charge is 0.353 e. The van der Waals surface area contributed by atoms with E-state index in [2.05, 4.69) is 10.5 Å². The van der Waals surface area contributed by atoms with Gasteiger partial charge in [0, 0.05) is 11.3 Å². The van der Waals surface area contributed by atoms with E-state index in [1.165, 1.54) is 0 Å². The molecule has 0 radical (unpaired) electrons. The number of amides is 1. The SMILES string of the molecule is CC(C)C(NC(=O)C1CC(C(=O)O)=NO1)c1cccs1. The molecule has 0 fully saturated rings. The summed E-state index contributed by atoms with van der Waals surface area (Å²) < 4.78 is 0. The minimum absolute atomic E-state index is 0.00355. The molecule has 1 aliphatic heterocycles. The van der Waals surface area contributed by atoms with Crippen molar-refractivity contribution in [3.05, 3.63) is 22.4 Å². The largest absolute Gasteiger partial charge is 0.477 e. The van der Waals surface area contributed by atoms with Crippen LogP contribution >= 0.6 is 11.3 Å². The number of carbonyl (C=O) groups is 2. The van der Waals surface area contributed by atoms with E-state index in [0.29, 0.717) is 0 Å². The molecule has 2 rings (SSSR count). The number of hydrogen-bond acceptors (Lipinski definition) is 5. The first-order valence-electron chi connectivity index (χ1n) is 6.28. The van der Waals surface area contributed by atoms with Crippen molar-refractivity contribution in [1.29, 1.82) is 0 Å². The van der Waals surface area contributed by atoms with Crippen LogP contribution in [0.2, 0.25) is 0 Å². The summed E-state index contributed by atoms with van der Waals surface area (Å²) in [6, 6.07) is 3.78. The highest BCUT2D eigenvalue weighted by Crippen LogP contribution is 2.26. The van der Waals surface area contributed by atoms with Crippen LogP contribution in [0.1, 0.15) is 31.2 Å². The molecule has 0 aliphatic carbocycles. The number of nitrogens with zero attached hydrogens (tertiary/aromatic N) is 1. The minimum Gasteiger partial charge on any atom is -0.477 e. The van der Waals surface area contributed by atoms with Gasteiger partial charge in [0.15, 0.2) is 5.71 Å². The molecule has 2 N–H and O–H groups in total. The monoisotopic (exact) mass is 296 g/mol. The molecule has 2 atom stereocenters. The van der Waals surface area contributed by atoms with Crippen molar-refractivity contribution in [2.45, 2.75) is 32.4 Å². The van der Waals surface area contributed by atoms with Gasteiger partial charge in [-0.2, -0.15) is 0 Å². The van der Waals surface area contributed by atoms with E-state index in [-0.39, 0.29) is 30.0 Å². The van der Waals surface area contributed by atoms with Gasteiger partial charge in [0.25, 0.3) is 5.91 Å². The van der Waals surface area contributed by atoms with Crippen LogP contribution in [0.3, 0.4) is 0 Å². The normalized spacial score (nSPS) is 19.4. The maximum absolute atomic E-state index is 12.1. The number of carbonyl (C=O) groups excluding carboxylic acids is 1. The van der Waals surface area contributed by atoms with Gasteiger partial charge in [-0.15, -0.1) is 11.3 Å². The lowest BCUT2D eigenvalue weighted by molar-refractivity contribution is -0.132. The zero-order valence-corrected chi connectivity index (χ0v) is 12.0. The van der Waals surface area contributed by atoms with Gasteiger partial charge in [-0.25, -0.2) is 4.79 Å². The Morgan fingerprint density at radius 1 is 1.55 bits per heavy atom. The maximum Gasteiger partial charge on any atom is 0.353 e. The first-order chi connectivity index (χ1) is 9.49. The molecule has 2 unspecified atom stereocenters. The second-order valence-electron chi connectivity index (χ2n) is 4.89. The summed E-state index contributed by atoms with van der Waals surface area (Å²) in [5.74, 6) is -1.27. The maximum atomic E-state index is 12.1. The van der Waals surface area contributed by atoms with E-state index < -0.39 is 12.1 Å². The quantitative estimate of drug-likeness (QED) is 0.867. The topological polar surface area (TPSA) is 88.0 Å². The predicted molar refractivity (Wildman–Crippen MR) is 74.6 cm³/mol. The molecule has 1 aliphatic rings. The second-order valence-corrected chi connectivity index (χ2v) is 5.87. The van der Waals surface area contributed by atoms with Crippen molar-refractivity contribution in [2.75, 3.05) is 0 Å². The number of carboxylic acid groups (broad SMARTS) is 1. The lowest BCUT2D eigenvalue weighted by Gasteiger charge is -2.22. The average Bonchev–Trinajstić information content (AvgIpc) is 3.05. The van der Waals surface area contributed by atoms with Crippen molar-refractivity contribution < 1.29 is 19.5 Å². The number of rotatable bonds is 5. The van der Waals surface area contributed by atoms with Gasteiger partial charge in [-0.05, 0) is 17.4 Å². The Bertz CT molecular complexity index is 524. The van der Waals surface area contributed by atoms with Gasteiger partial charge in [-0.3, -0.25) is 4.79 Å². The molecule has 1 amide bonds. The number of carboxylic acids is 1. The molecule has 108 valence electrons. The molecule has 0 saturated heterocycles. The summed E-state index contributed by atoms with van der Waals surface area (Å²) in [7, 11) is 0. The third kappa shape index (κ3) is 3.16. The zero-order valence-electron chi connectivity index (χ0n) is 11.2. The van der Waals surface area contributed by atoms with E-state index in [1.807, 2.05) is 31.4 Å². The Morgan fingerprint density at radius 3 is 2.80 bits per heavy atom. The summed E-state index contributed by atoms with van der Waals surface area (Å²) in [5.41, 5.74) is -0.123. The Kier molecular flexibility index (Phi) is 4.39. The minimum atomic E-state index is -1.15. The Labute approximate surface area is 120 Å².